The Bertz CT molecular complexity index is 484. The fourth-order valence-electron chi connectivity index (χ4n) is 2.53. The maximum atomic E-state index is 11.9. The van der Waals surface area contributed by atoms with Crippen LogP contribution in [0.15, 0.2) is 24.3 Å². The number of benzene rings is 1. The molecule has 20 heavy (non-hydrogen) atoms. The molecule has 0 bridgehead atoms. The molecular weight excluding hydrogens is 256 g/mol. The summed E-state index contributed by atoms with van der Waals surface area (Å²) < 4.78 is 0. The third kappa shape index (κ3) is 4.06. The minimum Gasteiger partial charge on any atom is -0.478 e. The number of carboxylic acids is 1. The highest BCUT2D eigenvalue weighted by Crippen LogP contribution is 2.15. The van der Waals surface area contributed by atoms with Crippen molar-refractivity contribution in [2.24, 2.45) is 5.92 Å². The Labute approximate surface area is 118 Å². The van der Waals surface area contributed by atoms with E-state index in [0.717, 1.165) is 19.5 Å². The molecule has 5 nitrogen and oxygen atoms in total. The van der Waals surface area contributed by atoms with Crippen LogP contribution < -0.4 is 5.32 Å². The van der Waals surface area contributed by atoms with Crippen molar-refractivity contribution >= 4 is 17.6 Å². The predicted molar refractivity (Wildman–Crippen MR) is 76.9 cm³/mol. The summed E-state index contributed by atoms with van der Waals surface area (Å²) in [4.78, 5) is 24.8. The molecule has 5 heteroatoms. The minimum atomic E-state index is -0.967. The van der Waals surface area contributed by atoms with Gasteiger partial charge in [-0.2, -0.15) is 0 Å². The molecule has 1 saturated heterocycles. The van der Waals surface area contributed by atoms with Gasteiger partial charge in [0.25, 0.3) is 0 Å². The van der Waals surface area contributed by atoms with Gasteiger partial charge in [0.2, 0.25) is 5.91 Å². The molecule has 1 aliphatic heterocycles. The number of aromatic carboxylic acids is 1. The van der Waals surface area contributed by atoms with Gasteiger partial charge in [0, 0.05) is 12.2 Å². The lowest BCUT2D eigenvalue weighted by Gasteiger charge is -2.30. The van der Waals surface area contributed by atoms with E-state index in [1.807, 2.05) is 0 Å². The number of nitrogens with one attached hydrogen (secondary N) is 1. The molecule has 0 aliphatic carbocycles. The molecule has 2 N–H and O–H groups in total. The monoisotopic (exact) mass is 276 g/mol. The quantitative estimate of drug-likeness (QED) is 0.883. The number of amides is 1. The summed E-state index contributed by atoms with van der Waals surface area (Å²) >= 11 is 0. The molecule has 108 valence electrons. The SMILES string of the molecule is CC1CCCN(CC(=O)Nc2ccc(C(=O)O)cc2)C1. The molecule has 0 aromatic heterocycles. The maximum Gasteiger partial charge on any atom is 0.335 e. The average Bonchev–Trinajstić information content (AvgIpc) is 2.39. The van der Waals surface area contributed by atoms with Crippen LogP contribution in [0.5, 0.6) is 0 Å². The summed E-state index contributed by atoms with van der Waals surface area (Å²) in [6.45, 7) is 4.53. The number of likely N-dealkylation sites (tertiary alicyclic amines) is 1. The van der Waals surface area contributed by atoms with Crippen molar-refractivity contribution in [1.29, 1.82) is 0 Å². The summed E-state index contributed by atoms with van der Waals surface area (Å²) in [5.74, 6) is -0.376. The van der Waals surface area contributed by atoms with E-state index in [4.69, 9.17) is 5.11 Å². The van der Waals surface area contributed by atoms with Gasteiger partial charge < -0.3 is 10.4 Å². The molecule has 1 aromatic rings. The number of anilines is 1. The number of piperidine rings is 1. The number of carboxylic acid groups (broad SMARTS) is 1. The molecule has 1 fully saturated rings. The van der Waals surface area contributed by atoms with Crippen LogP contribution in [0.3, 0.4) is 0 Å². The van der Waals surface area contributed by atoms with Crippen molar-refractivity contribution in [3.8, 4) is 0 Å². The largest absolute Gasteiger partial charge is 0.478 e. The number of hydrogen-bond acceptors (Lipinski definition) is 3. The molecule has 1 aromatic carbocycles. The summed E-state index contributed by atoms with van der Waals surface area (Å²) in [5, 5.41) is 11.6. The number of carbonyl (C=O) groups excluding carboxylic acids is 1. The molecule has 2 rings (SSSR count). The molecule has 1 heterocycles. The number of carbonyl (C=O) groups is 2. The van der Waals surface area contributed by atoms with Gasteiger partial charge in [0.15, 0.2) is 0 Å². The first-order chi connectivity index (χ1) is 9.54. The van der Waals surface area contributed by atoms with Crippen LogP contribution in [0.4, 0.5) is 5.69 Å². The van der Waals surface area contributed by atoms with Crippen molar-refractivity contribution in [3.63, 3.8) is 0 Å². The number of nitrogens with zero attached hydrogens (tertiary/aromatic N) is 1. The second-order valence-electron chi connectivity index (χ2n) is 5.41. The van der Waals surface area contributed by atoms with Gasteiger partial charge in [0.05, 0.1) is 12.1 Å². The Morgan fingerprint density at radius 3 is 2.65 bits per heavy atom. The second-order valence-corrected chi connectivity index (χ2v) is 5.41. The van der Waals surface area contributed by atoms with Gasteiger partial charge in [-0.05, 0) is 49.6 Å². The van der Waals surface area contributed by atoms with Crippen molar-refractivity contribution in [2.45, 2.75) is 19.8 Å². The predicted octanol–water partition coefficient (Wildman–Crippen LogP) is 2.06. The first-order valence-corrected chi connectivity index (χ1v) is 6.90. The van der Waals surface area contributed by atoms with Gasteiger partial charge in [-0.25, -0.2) is 4.79 Å². The second kappa shape index (κ2) is 6.52. The Kier molecular flexibility index (Phi) is 4.74. The highest BCUT2D eigenvalue weighted by molar-refractivity contribution is 5.93. The zero-order chi connectivity index (χ0) is 14.5. The van der Waals surface area contributed by atoms with Crippen LogP contribution in [0, 0.1) is 5.92 Å². The average molecular weight is 276 g/mol. The molecule has 1 atom stereocenters. The summed E-state index contributed by atoms with van der Waals surface area (Å²) in [7, 11) is 0. The first-order valence-electron chi connectivity index (χ1n) is 6.90. The zero-order valence-electron chi connectivity index (χ0n) is 11.6. The number of rotatable bonds is 4. The molecule has 1 aliphatic rings. The standard InChI is InChI=1S/C15H20N2O3/c1-11-3-2-8-17(9-11)10-14(18)16-13-6-4-12(5-7-13)15(19)20/h4-7,11H,2-3,8-10H2,1H3,(H,16,18)(H,19,20). The van der Waals surface area contributed by atoms with Crippen LogP contribution in [0.2, 0.25) is 0 Å². The first kappa shape index (κ1) is 14.5. The Balaban J connectivity index is 1.86. The van der Waals surface area contributed by atoms with Gasteiger partial charge >= 0.3 is 5.97 Å². The fraction of sp³-hybridized carbons (Fsp3) is 0.467. The van der Waals surface area contributed by atoms with E-state index in [-0.39, 0.29) is 11.5 Å². The molecule has 1 amide bonds. The summed E-state index contributed by atoms with van der Waals surface area (Å²) in [6.07, 6.45) is 2.37. The Hall–Kier alpha value is -1.88. The van der Waals surface area contributed by atoms with Gasteiger partial charge in [-0.1, -0.05) is 6.92 Å². The van der Waals surface area contributed by atoms with Crippen LogP contribution in [-0.2, 0) is 4.79 Å². The van der Waals surface area contributed by atoms with Crippen LogP contribution in [0.1, 0.15) is 30.1 Å². The zero-order valence-corrected chi connectivity index (χ0v) is 11.6. The molecule has 0 saturated carbocycles. The maximum absolute atomic E-state index is 11.9. The Morgan fingerprint density at radius 2 is 2.05 bits per heavy atom. The normalized spacial score (nSPS) is 19.6. The van der Waals surface area contributed by atoms with Crippen molar-refractivity contribution in [1.82, 2.24) is 4.90 Å². The van der Waals surface area contributed by atoms with E-state index < -0.39 is 5.97 Å². The highest BCUT2D eigenvalue weighted by Gasteiger charge is 2.18. The number of hydrogen-bond donors (Lipinski definition) is 2. The molecule has 0 radical (unpaired) electrons. The lowest BCUT2D eigenvalue weighted by Crippen LogP contribution is -2.39. The van der Waals surface area contributed by atoms with E-state index >= 15 is 0 Å². The summed E-state index contributed by atoms with van der Waals surface area (Å²) in [6, 6.07) is 6.20. The van der Waals surface area contributed by atoms with E-state index in [0.29, 0.717) is 18.2 Å². The van der Waals surface area contributed by atoms with Gasteiger partial charge in [-0.3, -0.25) is 9.69 Å². The van der Waals surface area contributed by atoms with Crippen molar-refractivity contribution in [3.05, 3.63) is 29.8 Å². The third-order valence-electron chi connectivity index (χ3n) is 3.52. The third-order valence-corrected chi connectivity index (χ3v) is 3.52. The van der Waals surface area contributed by atoms with Crippen molar-refractivity contribution < 1.29 is 14.7 Å². The van der Waals surface area contributed by atoms with Gasteiger partial charge in [-0.15, -0.1) is 0 Å². The van der Waals surface area contributed by atoms with Crippen LogP contribution in [0.25, 0.3) is 0 Å². The van der Waals surface area contributed by atoms with Gasteiger partial charge in [0.1, 0.15) is 0 Å². The molecular formula is C15H20N2O3. The minimum absolute atomic E-state index is 0.0535. The lowest BCUT2D eigenvalue weighted by atomic mass is 10.0. The highest BCUT2D eigenvalue weighted by atomic mass is 16.4. The van der Waals surface area contributed by atoms with E-state index in [9.17, 15) is 9.59 Å². The van der Waals surface area contributed by atoms with Crippen LogP contribution in [-0.4, -0.2) is 41.5 Å². The van der Waals surface area contributed by atoms with E-state index in [1.165, 1.54) is 18.6 Å². The van der Waals surface area contributed by atoms with E-state index in [1.54, 1.807) is 12.1 Å². The van der Waals surface area contributed by atoms with Crippen molar-refractivity contribution in [2.75, 3.05) is 25.0 Å². The lowest BCUT2D eigenvalue weighted by molar-refractivity contribution is -0.117. The Morgan fingerprint density at radius 1 is 1.35 bits per heavy atom. The smallest absolute Gasteiger partial charge is 0.335 e. The summed E-state index contributed by atoms with van der Waals surface area (Å²) in [5.41, 5.74) is 0.845. The fourth-order valence-corrected chi connectivity index (χ4v) is 2.53. The topological polar surface area (TPSA) is 69.6 Å². The van der Waals surface area contributed by atoms with E-state index in [2.05, 4.69) is 17.1 Å². The molecule has 0 spiro atoms. The molecule has 1 unspecified atom stereocenters. The van der Waals surface area contributed by atoms with Crippen LogP contribution >= 0.6 is 0 Å².